The molecule has 0 bridgehead atoms. The van der Waals surface area contributed by atoms with Crippen LogP contribution in [0.2, 0.25) is 0 Å². The molecule has 17 heavy (non-hydrogen) atoms. The van der Waals surface area contributed by atoms with Gasteiger partial charge in [-0.15, -0.1) is 0 Å². The predicted octanol–water partition coefficient (Wildman–Crippen LogP) is 0.816. The molecule has 1 aliphatic rings. The van der Waals surface area contributed by atoms with Crippen LogP contribution in [0, 0.1) is 0 Å². The molecule has 0 radical (unpaired) electrons. The minimum absolute atomic E-state index is 0.238. The maximum Gasteiger partial charge on any atom is 0.234 e. The van der Waals surface area contributed by atoms with Crippen LogP contribution in [0.4, 0.5) is 0 Å². The number of ether oxygens (including phenoxy) is 2. The summed E-state index contributed by atoms with van der Waals surface area (Å²) in [4.78, 5) is 4.28. The van der Waals surface area contributed by atoms with E-state index < -0.39 is 11.7 Å². The van der Waals surface area contributed by atoms with Crippen molar-refractivity contribution in [2.24, 2.45) is 0 Å². The summed E-state index contributed by atoms with van der Waals surface area (Å²) in [6.07, 6.45) is 0.110. The SMILES string of the molecule is COC(C)(C)c1noc(C2COCCC2O)n1. The molecule has 0 amide bonds. The van der Waals surface area contributed by atoms with Crippen molar-refractivity contribution in [1.82, 2.24) is 10.1 Å². The first-order valence-electron chi connectivity index (χ1n) is 5.69. The highest BCUT2D eigenvalue weighted by Gasteiger charge is 2.33. The molecular weight excluding hydrogens is 224 g/mol. The van der Waals surface area contributed by atoms with Crippen LogP contribution in [0.15, 0.2) is 4.52 Å². The normalized spacial score (nSPS) is 26.1. The van der Waals surface area contributed by atoms with Gasteiger partial charge in [-0.25, -0.2) is 0 Å². The van der Waals surface area contributed by atoms with Gasteiger partial charge in [0.1, 0.15) is 5.60 Å². The summed E-state index contributed by atoms with van der Waals surface area (Å²) in [6.45, 7) is 4.70. The lowest BCUT2D eigenvalue weighted by atomic mass is 9.99. The van der Waals surface area contributed by atoms with Crippen LogP contribution >= 0.6 is 0 Å². The van der Waals surface area contributed by atoms with Crippen molar-refractivity contribution in [3.05, 3.63) is 11.7 Å². The summed E-state index contributed by atoms with van der Waals surface area (Å²) in [7, 11) is 1.59. The quantitative estimate of drug-likeness (QED) is 0.845. The maximum absolute atomic E-state index is 9.85. The molecule has 0 spiro atoms. The van der Waals surface area contributed by atoms with Crippen molar-refractivity contribution < 1.29 is 19.1 Å². The molecule has 1 aromatic rings. The molecule has 0 aromatic carbocycles. The summed E-state index contributed by atoms with van der Waals surface area (Å²) < 4.78 is 15.8. The molecule has 0 saturated carbocycles. The van der Waals surface area contributed by atoms with Crippen LogP contribution in [0.1, 0.15) is 37.9 Å². The van der Waals surface area contributed by atoms with Gasteiger partial charge in [0.2, 0.25) is 11.7 Å². The Morgan fingerprint density at radius 1 is 1.47 bits per heavy atom. The van der Waals surface area contributed by atoms with Crippen molar-refractivity contribution >= 4 is 0 Å². The van der Waals surface area contributed by atoms with Crippen molar-refractivity contribution in [1.29, 1.82) is 0 Å². The largest absolute Gasteiger partial charge is 0.392 e. The standard InChI is InChI=1S/C11H18N2O4/c1-11(2,15-3)10-12-9(17-13-10)7-6-16-5-4-8(7)14/h7-8,14H,4-6H2,1-3H3. The average molecular weight is 242 g/mol. The van der Waals surface area contributed by atoms with Crippen LogP contribution in [0.3, 0.4) is 0 Å². The Kier molecular flexibility index (Phi) is 3.46. The highest BCUT2D eigenvalue weighted by molar-refractivity contribution is 5.03. The Hall–Kier alpha value is -0.980. The fourth-order valence-electron chi connectivity index (χ4n) is 1.68. The predicted molar refractivity (Wildman–Crippen MR) is 58.5 cm³/mol. The van der Waals surface area contributed by atoms with Crippen molar-refractivity contribution in [3.8, 4) is 0 Å². The van der Waals surface area contributed by atoms with Gasteiger partial charge in [0, 0.05) is 13.7 Å². The lowest BCUT2D eigenvalue weighted by Gasteiger charge is -2.24. The van der Waals surface area contributed by atoms with Crippen LogP contribution in [0.25, 0.3) is 0 Å². The van der Waals surface area contributed by atoms with Gasteiger partial charge < -0.3 is 19.1 Å². The van der Waals surface area contributed by atoms with E-state index in [1.54, 1.807) is 7.11 Å². The summed E-state index contributed by atoms with van der Waals surface area (Å²) in [6, 6.07) is 0. The molecule has 1 aliphatic heterocycles. The zero-order chi connectivity index (χ0) is 12.5. The van der Waals surface area contributed by atoms with Crippen LogP contribution in [0.5, 0.6) is 0 Å². The summed E-state index contributed by atoms with van der Waals surface area (Å²) >= 11 is 0. The van der Waals surface area contributed by atoms with Gasteiger partial charge in [-0.2, -0.15) is 4.98 Å². The summed E-state index contributed by atoms with van der Waals surface area (Å²) in [5, 5.41) is 13.7. The third kappa shape index (κ3) is 2.48. The molecule has 1 aromatic heterocycles. The lowest BCUT2D eigenvalue weighted by Crippen LogP contribution is -2.30. The smallest absolute Gasteiger partial charge is 0.234 e. The molecule has 0 aliphatic carbocycles. The van der Waals surface area contributed by atoms with E-state index in [0.717, 1.165) is 0 Å². The fourth-order valence-corrected chi connectivity index (χ4v) is 1.68. The molecule has 2 unspecified atom stereocenters. The second kappa shape index (κ2) is 4.72. The molecule has 2 rings (SSSR count). The number of aliphatic hydroxyl groups is 1. The zero-order valence-electron chi connectivity index (χ0n) is 10.3. The number of methoxy groups -OCH3 is 1. The molecule has 6 heteroatoms. The number of aromatic nitrogens is 2. The van der Waals surface area contributed by atoms with Gasteiger partial charge in [-0.05, 0) is 20.3 Å². The Balaban J connectivity index is 2.17. The van der Waals surface area contributed by atoms with E-state index in [4.69, 9.17) is 14.0 Å². The first kappa shape index (κ1) is 12.5. The number of nitrogens with zero attached hydrogens (tertiary/aromatic N) is 2. The Bertz CT molecular complexity index is 377. The molecule has 2 atom stereocenters. The van der Waals surface area contributed by atoms with Crippen molar-refractivity contribution in [2.75, 3.05) is 20.3 Å². The van der Waals surface area contributed by atoms with E-state index in [1.807, 2.05) is 13.8 Å². The lowest BCUT2D eigenvalue weighted by molar-refractivity contribution is -0.0149. The summed E-state index contributed by atoms with van der Waals surface area (Å²) in [5.41, 5.74) is -0.595. The molecule has 96 valence electrons. The highest BCUT2D eigenvalue weighted by Crippen LogP contribution is 2.27. The van der Waals surface area contributed by atoms with E-state index in [9.17, 15) is 5.11 Å². The monoisotopic (exact) mass is 242 g/mol. The number of hydrogen-bond donors (Lipinski definition) is 1. The van der Waals surface area contributed by atoms with Gasteiger partial charge in [-0.1, -0.05) is 5.16 Å². The van der Waals surface area contributed by atoms with E-state index in [1.165, 1.54) is 0 Å². The molecular formula is C11H18N2O4. The van der Waals surface area contributed by atoms with Gasteiger partial charge in [0.15, 0.2) is 0 Å². The Labute approximate surface area is 99.9 Å². The van der Waals surface area contributed by atoms with Gasteiger partial charge >= 0.3 is 0 Å². The minimum atomic E-state index is -0.595. The highest BCUT2D eigenvalue weighted by atomic mass is 16.5. The molecule has 2 heterocycles. The van der Waals surface area contributed by atoms with Crippen molar-refractivity contribution in [3.63, 3.8) is 0 Å². The maximum atomic E-state index is 9.85. The van der Waals surface area contributed by atoms with Crippen molar-refractivity contribution in [2.45, 2.75) is 37.9 Å². The minimum Gasteiger partial charge on any atom is -0.392 e. The Morgan fingerprint density at radius 2 is 2.24 bits per heavy atom. The van der Waals surface area contributed by atoms with Gasteiger partial charge in [-0.3, -0.25) is 0 Å². The first-order valence-corrected chi connectivity index (χ1v) is 5.69. The van der Waals surface area contributed by atoms with Crippen LogP contribution in [-0.4, -0.2) is 41.7 Å². The molecule has 1 saturated heterocycles. The van der Waals surface area contributed by atoms with Gasteiger partial charge in [0.05, 0.1) is 18.6 Å². The van der Waals surface area contributed by atoms with E-state index in [-0.39, 0.29) is 5.92 Å². The topological polar surface area (TPSA) is 77.6 Å². The third-order valence-corrected chi connectivity index (χ3v) is 3.13. The fraction of sp³-hybridized carbons (Fsp3) is 0.818. The van der Waals surface area contributed by atoms with E-state index in [2.05, 4.69) is 10.1 Å². The average Bonchev–Trinajstić information content (AvgIpc) is 2.79. The summed E-state index contributed by atoms with van der Waals surface area (Å²) in [5.74, 6) is 0.655. The molecule has 1 fully saturated rings. The van der Waals surface area contributed by atoms with E-state index >= 15 is 0 Å². The second-order valence-electron chi connectivity index (χ2n) is 4.71. The number of aliphatic hydroxyl groups excluding tert-OH is 1. The second-order valence-corrected chi connectivity index (χ2v) is 4.71. The molecule has 6 nitrogen and oxygen atoms in total. The zero-order valence-corrected chi connectivity index (χ0v) is 10.3. The van der Waals surface area contributed by atoms with E-state index in [0.29, 0.717) is 31.3 Å². The first-order chi connectivity index (χ1) is 8.04. The third-order valence-electron chi connectivity index (χ3n) is 3.13. The van der Waals surface area contributed by atoms with Gasteiger partial charge in [0.25, 0.3) is 0 Å². The van der Waals surface area contributed by atoms with Crippen LogP contribution in [-0.2, 0) is 15.1 Å². The Morgan fingerprint density at radius 3 is 2.88 bits per heavy atom. The number of hydrogen-bond acceptors (Lipinski definition) is 6. The number of rotatable bonds is 3. The van der Waals surface area contributed by atoms with Crippen LogP contribution < -0.4 is 0 Å². The molecule has 1 N–H and O–H groups in total.